The molecule has 0 saturated heterocycles. The Morgan fingerprint density at radius 3 is 0.985 bits per heavy atom. The Hall–Kier alpha value is -2.95. The van der Waals surface area contributed by atoms with Gasteiger partial charge in [0.1, 0.15) is 6.10 Å². The van der Waals surface area contributed by atoms with Crippen LogP contribution in [0, 0.1) is 53.8 Å². The van der Waals surface area contributed by atoms with E-state index in [9.17, 15) is 38.4 Å². The number of rotatable bonds is 5. The van der Waals surface area contributed by atoms with Crippen molar-refractivity contribution in [3.8, 4) is 36.0 Å². The smallest absolute Gasteiger partial charge is 0.308 e. The monoisotopic (exact) mass is 1080 g/mol. The van der Waals surface area contributed by atoms with Gasteiger partial charge in [-0.2, -0.15) is 0 Å². The molecular formula is C50H90N4O10Y2. The standard InChI is InChI=1S/C9H12N2O6.C5H9NO2.C5H4.C4H7NO2.5C4H8.C4H6.3CH4.2Y/c1-11-8(14)5-3(9(15)16)4(7(10)13)6(5)17-2-12;1-4(7)6(3)5(2)8;1-3-5-4-2;1-3(6)5-4(2)7;5*1-2-4-3-1;1-3-4-2;;;;;/h2-6H,1H3,(H2,10,13)(H,11,14)(H,15,16);1-3H3;1H,2H3;1-2H3,(H,5,6,7);5*1-4H2;1-2H3;3*1H4;;. The molecule has 5 N–H and O–H groups in total. The van der Waals surface area contributed by atoms with Crippen LogP contribution >= 0.6 is 0 Å². The molecular weight excluding hydrogens is 994 g/mol. The maximum absolute atomic E-state index is 11.4. The molecule has 376 valence electrons. The number of nitrogens with zero attached hydrogens (tertiary/aromatic N) is 1. The maximum atomic E-state index is 11.4. The minimum atomic E-state index is -1.33. The summed E-state index contributed by atoms with van der Waals surface area (Å²) in [5, 5.41) is 13.2. The minimum Gasteiger partial charge on any atom is -0.481 e. The third kappa shape index (κ3) is 52.0. The first-order valence-corrected chi connectivity index (χ1v) is 21.5. The summed E-state index contributed by atoms with van der Waals surface area (Å²) in [6.45, 7) is 10.7. The molecule has 0 aromatic heterocycles. The third-order valence-electron chi connectivity index (χ3n) is 9.60. The van der Waals surface area contributed by atoms with Crippen molar-refractivity contribution in [1.29, 1.82) is 0 Å². The quantitative estimate of drug-likeness (QED) is 0.151. The molecule has 0 aromatic rings. The Bertz CT molecular complexity index is 1330. The second kappa shape index (κ2) is 60.1. The number of hydrogen-bond acceptors (Lipinski definition) is 9. The van der Waals surface area contributed by atoms with E-state index >= 15 is 0 Å². The molecule has 0 aliphatic heterocycles. The number of imide groups is 2. The van der Waals surface area contributed by atoms with Crippen LogP contribution in [0.3, 0.4) is 0 Å². The Balaban J connectivity index is -0.0000000819. The number of hydrogen-bond donors (Lipinski definition) is 4. The molecule has 6 saturated carbocycles. The van der Waals surface area contributed by atoms with Gasteiger partial charge >= 0.3 is 5.97 Å². The van der Waals surface area contributed by atoms with Gasteiger partial charge in [0.2, 0.25) is 35.4 Å². The number of terminal acetylenes is 1. The van der Waals surface area contributed by atoms with Crippen LogP contribution in [0.2, 0.25) is 0 Å². The molecule has 6 amide bonds. The van der Waals surface area contributed by atoms with Crippen molar-refractivity contribution in [1.82, 2.24) is 15.5 Å². The van der Waals surface area contributed by atoms with E-state index < -0.39 is 41.6 Å². The molecule has 0 spiro atoms. The second-order valence-corrected chi connectivity index (χ2v) is 14.6. The van der Waals surface area contributed by atoms with Crippen molar-refractivity contribution in [2.24, 2.45) is 23.5 Å². The molecule has 6 aliphatic carbocycles. The van der Waals surface area contributed by atoms with Crippen LogP contribution in [0.15, 0.2) is 0 Å². The molecule has 14 nitrogen and oxygen atoms in total. The molecule has 4 unspecified atom stereocenters. The summed E-state index contributed by atoms with van der Waals surface area (Å²) in [5.41, 5.74) is 5.02. The SMILES string of the molecule is C.C.C.C#CC#CC.C1CCC1.C1CCC1.C1CCC1.C1CCC1.C1CCC1.CC#CC.CC(=O)N(C)C(C)=O.CC(=O)NC(C)=O.CNC(=O)C1C(OC=O)C(C(N)=O)C1C(=O)O.[Y].[Y]. The number of nitrogens with one attached hydrogen (secondary N) is 2. The number of carboxylic acid groups (broad SMARTS) is 1. The van der Waals surface area contributed by atoms with Crippen LogP contribution in [-0.2, 0) is 109 Å². The second-order valence-electron chi connectivity index (χ2n) is 14.6. The van der Waals surface area contributed by atoms with Crippen LogP contribution in [0.4, 0.5) is 0 Å². The number of carboxylic acids is 1. The molecule has 0 heterocycles. The number of aliphatic carboxylic acids is 1. The van der Waals surface area contributed by atoms with E-state index in [0.717, 1.165) is 4.90 Å². The van der Waals surface area contributed by atoms with E-state index in [1.54, 1.807) is 6.92 Å². The molecule has 6 aliphatic rings. The zero-order chi connectivity index (χ0) is 47.4. The van der Waals surface area contributed by atoms with Crippen LogP contribution in [-0.4, -0.2) is 78.1 Å². The normalized spacial score (nSPS) is 17.5. The first kappa shape index (κ1) is 83.1. The summed E-state index contributed by atoms with van der Waals surface area (Å²) in [6.07, 6.45) is 33.6. The zero-order valence-corrected chi connectivity index (χ0v) is 45.6. The van der Waals surface area contributed by atoms with Crippen molar-refractivity contribution in [3.05, 3.63) is 0 Å². The van der Waals surface area contributed by atoms with Crippen molar-refractivity contribution in [2.45, 2.75) is 205 Å². The van der Waals surface area contributed by atoms with Gasteiger partial charge in [0.05, 0.1) is 17.8 Å². The number of carbonyl (C=O) groups is 8. The third-order valence-corrected chi connectivity index (χ3v) is 9.60. The molecule has 66 heavy (non-hydrogen) atoms. The molecule has 0 aromatic carbocycles. The van der Waals surface area contributed by atoms with E-state index in [0.29, 0.717) is 0 Å². The average molecular weight is 1090 g/mol. The molecule has 6 fully saturated rings. The van der Waals surface area contributed by atoms with Gasteiger partial charge < -0.3 is 20.9 Å². The van der Waals surface area contributed by atoms with Crippen molar-refractivity contribution in [2.75, 3.05) is 14.1 Å². The number of amides is 6. The fraction of sp³-hybridized carbons (Fsp3) is 0.720. The van der Waals surface area contributed by atoms with Crippen molar-refractivity contribution in [3.63, 3.8) is 0 Å². The van der Waals surface area contributed by atoms with Crippen LogP contribution < -0.4 is 16.4 Å². The molecule has 16 heteroatoms. The van der Waals surface area contributed by atoms with E-state index in [1.807, 2.05) is 19.2 Å². The molecule has 6 rings (SSSR count). The predicted octanol–water partition coefficient (Wildman–Crippen LogP) is 8.76. The first-order chi connectivity index (χ1) is 29.0. The van der Waals surface area contributed by atoms with Gasteiger partial charge in [0.15, 0.2) is 0 Å². The largest absolute Gasteiger partial charge is 0.481 e. The van der Waals surface area contributed by atoms with Crippen LogP contribution in [0.5, 0.6) is 0 Å². The van der Waals surface area contributed by atoms with Gasteiger partial charge in [-0.25, -0.2) is 0 Å². The van der Waals surface area contributed by atoms with Gasteiger partial charge in [-0.1, -0.05) is 157 Å². The Morgan fingerprint density at radius 1 is 0.606 bits per heavy atom. The van der Waals surface area contributed by atoms with Gasteiger partial charge in [-0.3, -0.25) is 48.6 Å². The molecule has 2 radical (unpaired) electrons. The topological polar surface area (TPSA) is 219 Å². The molecule has 0 bridgehead atoms. The summed E-state index contributed by atoms with van der Waals surface area (Å²) in [6, 6.07) is 0. The summed E-state index contributed by atoms with van der Waals surface area (Å²) in [5.74, 6) is 4.97. The van der Waals surface area contributed by atoms with Gasteiger partial charge in [-0.15, -0.1) is 18.3 Å². The summed E-state index contributed by atoms with van der Waals surface area (Å²) < 4.78 is 4.56. The van der Waals surface area contributed by atoms with Crippen LogP contribution in [0.25, 0.3) is 0 Å². The number of primary amides is 1. The fourth-order valence-corrected chi connectivity index (χ4v) is 3.86. The minimum absolute atomic E-state index is 0. The summed E-state index contributed by atoms with van der Waals surface area (Å²) in [7, 11) is 2.77. The summed E-state index contributed by atoms with van der Waals surface area (Å²) in [4.78, 5) is 85.2. The fourth-order valence-electron chi connectivity index (χ4n) is 3.86. The number of ether oxygens (including phenoxy) is 1. The first-order valence-electron chi connectivity index (χ1n) is 21.5. The average Bonchev–Trinajstić information content (AvgIpc) is 3.02. The Labute approximate surface area is 452 Å². The van der Waals surface area contributed by atoms with Gasteiger partial charge in [0, 0.05) is 107 Å². The van der Waals surface area contributed by atoms with Crippen LogP contribution in [0.1, 0.15) is 199 Å². The van der Waals surface area contributed by atoms with Crippen molar-refractivity contribution >= 4 is 47.9 Å². The Kier molecular flexibility index (Phi) is 75.6. The van der Waals surface area contributed by atoms with E-state index in [1.165, 1.54) is 170 Å². The number of carbonyl (C=O) groups excluding carboxylic acids is 7. The predicted molar refractivity (Wildman–Crippen MR) is 260 cm³/mol. The van der Waals surface area contributed by atoms with Crippen molar-refractivity contribution < 1.29 is 114 Å². The number of nitrogens with two attached hydrogens (primary N) is 1. The van der Waals surface area contributed by atoms with E-state index in [-0.39, 0.29) is 118 Å². The van der Waals surface area contributed by atoms with Gasteiger partial charge in [-0.05, 0) is 32.6 Å². The molecule has 4 atom stereocenters. The van der Waals surface area contributed by atoms with E-state index in [2.05, 4.69) is 39.7 Å². The van der Waals surface area contributed by atoms with Gasteiger partial charge in [0.25, 0.3) is 6.47 Å². The Morgan fingerprint density at radius 2 is 0.894 bits per heavy atom. The zero-order valence-electron chi connectivity index (χ0n) is 39.9. The van der Waals surface area contributed by atoms with E-state index in [4.69, 9.17) is 17.3 Å². The summed E-state index contributed by atoms with van der Waals surface area (Å²) >= 11 is 0. The maximum Gasteiger partial charge on any atom is 0.308 e.